The Labute approximate surface area is 159 Å². The third-order valence-corrected chi connectivity index (χ3v) is 6.20. The minimum atomic E-state index is -0.737. The monoisotopic (exact) mass is 366 g/mol. The molecule has 6 nitrogen and oxygen atoms in total. The Balaban J connectivity index is 1.57. The summed E-state index contributed by atoms with van der Waals surface area (Å²) in [4.78, 5) is 27.2. The molecular formula is C21H26N4O2. The maximum Gasteiger partial charge on any atom is 0.346 e. The molecule has 1 aliphatic carbocycles. The topological polar surface area (TPSA) is 65.0 Å². The molecule has 4 rings (SSSR count). The molecule has 1 N–H and O–H groups in total. The Hall–Kier alpha value is -2.63. The zero-order valence-corrected chi connectivity index (χ0v) is 16.2. The van der Waals surface area contributed by atoms with Crippen LogP contribution in [0.15, 0.2) is 41.1 Å². The van der Waals surface area contributed by atoms with Crippen molar-refractivity contribution in [3.8, 4) is 0 Å². The number of allylic oxidation sites excluding steroid dienone is 2. The van der Waals surface area contributed by atoms with E-state index in [1.165, 1.54) is 11.3 Å². The van der Waals surface area contributed by atoms with Gasteiger partial charge in [-0.2, -0.15) is 5.10 Å². The third kappa shape index (κ3) is 2.66. The highest BCUT2D eigenvalue weighted by atomic mass is 16.2. The quantitative estimate of drug-likeness (QED) is 0.643. The van der Waals surface area contributed by atoms with Crippen molar-refractivity contribution in [2.75, 3.05) is 11.9 Å². The molecule has 2 fully saturated rings. The molecule has 1 saturated carbocycles. The van der Waals surface area contributed by atoms with Gasteiger partial charge in [0.05, 0.1) is 0 Å². The number of rotatable bonds is 2. The maximum absolute atomic E-state index is 12.8. The van der Waals surface area contributed by atoms with Gasteiger partial charge in [-0.3, -0.25) is 4.79 Å². The molecule has 142 valence electrons. The number of anilines is 1. The Bertz CT molecular complexity index is 849. The van der Waals surface area contributed by atoms with Gasteiger partial charge >= 0.3 is 6.03 Å². The number of nitrogens with one attached hydrogen (secondary N) is 1. The van der Waals surface area contributed by atoms with Gasteiger partial charge < -0.3 is 10.2 Å². The Morgan fingerprint density at radius 1 is 1.11 bits per heavy atom. The van der Waals surface area contributed by atoms with Crippen LogP contribution >= 0.6 is 0 Å². The van der Waals surface area contributed by atoms with Gasteiger partial charge in [0.2, 0.25) is 0 Å². The number of fused-ring (bicyclic) bond motifs is 1. The highest BCUT2D eigenvalue weighted by molar-refractivity contribution is 6.07. The Kier molecular flexibility index (Phi) is 4.09. The number of imide groups is 1. The molecule has 0 aromatic heterocycles. The van der Waals surface area contributed by atoms with Gasteiger partial charge in [-0.05, 0) is 30.5 Å². The molecule has 6 heteroatoms. The smallest absolute Gasteiger partial charge is 0.346 e. The van der Waals surface area contributed by atoms with Gasteiger partial charge in [0.1, 0.15) is 5.54 Å². The van der Waals surface area contributed by atoms with Crippen molar-refractivity contribution in [1.82, 2.24) is 10.3 Å². The number of para-hydroxylation sites is 1. The summed E-state index contributed by atoms with van der Waals surface area (Å²) in [7, 11) is 2.03. The van der Waals surface area contributed by atoms with Gasteiger partial charge in [-0.25, -0.2) is 4.79 Å². The van der Waals surface area contributed by atoms with Crippen molar-refractivity contribution in [1.29, 1.82) is 0 Å². The van der Waals surface area contributed by atoms with E-state index in [-0.39, 0.29) is 11.3 Å². The predicted molar refractivity (Wildman–Crippen MR) is 106 cm³/mol. The van der Waals surface area contributed by atoms with E-state index in [2.05, 4.69) is 41.3 Å². The Morgan fingerprint density at radius 2 is 1.81 bits per heavy atom. The molecule has 0 bridgehead atoms. The summed E-state index contributed by atoms with van der Waals surface area (Å²) in [6.07, 6.45) is 7.91. The zero-order chi connectivity index (χ0) is 19.2. The average molecular weight is 366 g/mol. The normalized spacial score (nSPS) is 24.9. The van der Waals surface area contributed by atoms with Gasteiger partial charge in [0.25, 0.3) is 5.91 Å². The van der Waals surface area contributed by atoms with Crippen molar-refractivity contribution in [3.63, 3.8) is 0 Å². The molecule has 0 unspecified atom stereocenters. The second-order valence-corrected chi connectivity index (χ2v) is 8.21. The molecule has 2 aliphatic heterocycles. The summed E-state index contributed by atoms with van der Waals surface area (Å²) in [5.74, 6) is -0.218. The lowest BCUT2D eigenvalue weighted by atomic mass is 9.82. The molecule has 1 aromatic carbocycles. The minimum Gasteiger partial charge on any atom is -0.347 e. The highest BCUT2D eigenvalue weighted by Crippen LogP contribution is 2.46. The van der Waals surface area contributed by atoms with Crippen molar-refractivity contribution in [2.24, 2.45) is 5.10 Å². The minimum absolute atomic E-state index is 0.167. The van der Waals surface area contributed by atoms with Gasteiger partial charge in [0.15, 0.2) is 0 Å². The number of urea groups is 1. The molecule has 1 aromatic rings. The molecule has 0 atom stereocenters. The second-order valence-electron chi connectivity index (χ2n) is 8.21. The lowest BCUT2D eigenvalue weighted by Crippen LogP contribution is -2.48. The molecular weight excluding hydrogens is 340 g/mol. The van der Waals surface area contributed by atoms with Crippen LogP contribution in [-0.4, -0.2) is 35.7 Å². The molecule has 2 heterocycles. The standard InChI is InChI=1S/C21H26N4O2/c1-20(2)15-9-5-6-10-16(15)24(3)17(20)11-14-22-25-18(26)21(23-19(25)27)12-7-4-8-13-21/h5-6,9-11,14H,4,7-8,12-13H2,1-3H3,(H,23,27)/b17-11-,22-14-. The second kappa shape index (κ2) is 6.22. The fourth-order valence-electron chi connectivity index (χ4n) is 4.68. The zero-order valence-electron chi connectivity index (χ0n) is 16.2. The van der Waals surface area contributed by atoms with E-state index in [0.717, 1.165) is 30.0 Å². The molecule has 1 spiro atoms. The average Bonchev–Trinajstić information content (AvgIpc) is 2.99. The first-order chi connectivity index (χ1) is 12.9. The van der Waals surface area contributed by atoms with Crippen LogP contribution in [0.3, 0.4) is 0 Å². The number of carbonyl (C=O) groups excluding carboxylic acids is 2. The number of hydrogen-bond donors (Lipinski definition) is 1. The summed E-state index contributed by atoms with van der Waals surface area (Å²) in [5, 5.41) is 8.08. The summed E-state index contributed by atoms with van der Waals surface area (Å²) < 4.78 is 0. The van der Waals surface area contributed by atoms with Crippen LogP contribution in [-0.2, 0) is 10.2 Å². The first kappa shape index (κ1) is 17.8. The SMILES string of the molecule is CN1/C(=C\C=N/N2C(=O)NC3(CCCCC3)C2=O)C(C)(C)c2ccccc21. The first-order valence-electron chi connectivity index (χ1n) is 9.61. The number of nitrogens with zero attached hydrogens (tertiary/aromatic N) is 3. The number of carbonyl (C=O) groups is 2. The Morgan fingerprint density at radius 3 is 2.52 bits per heavy atom. The van der Waals surface area contributed by atoms with Crippen LogP contribution in [0.5, 0.6) is 0 Å². The predicted octanol–water partition coefficient (Wildman–Crippen LogP) is 3.54. The van der Waals surface area contributed by atoms with Gasteiger partial charge in [0, 0.05) is 30.1 Å². The summed E-state index contributed by atoms with van der Waals surface area (Å²) >= 11 is 0. The fourth-order valence-corrected chi connectivity index (χ4v) is 4.68. The lowest BCUT2D eigenvalue weighted by molar-refractivity contribution is -0.132. The van der Waals surface area contributed by atoms with E-state index in [1.807, 2.05) is 25.3 Å². The summed E-state index contributed by atoms with van der Waals surface area (Å²) in [5.41, 5.74) is 2.59. The molecule has 27 heavy (non-hydrogen) atoms. The molecule has 3 amide bonds. The lowest BCUT2D eigenvalue weighted by Gasteiger charge is -2.29. The van der Waals surface area contributed by atoms with Gasteiger partial charge in [-0.15, -0.1) is 5.01 Å². The number of hydrazone groups is 1. The molecule has 0 radical (unpaired) electrons. The van der Waals surface area contributed by atoms with E-state index in [1.54, 1.807) is 6.21 Å². The number of amides is 3. The largest absolute Gasteiger partial charge is 0.347 e. The van der Waals surface area contributed by atoms with Crippen LogP contribution in [0, 0.1) is 0 Å². The van der Waals surface area contributed by atoms with Crippen molar-refractivity contribution >= 4 is 23.8 Å². The third-order valence-electron chi connectivity index (χ3n) is 6.20. The fraction of sp³-hybridized carbons (Fsp3) is 0.476. The maximum atomic E-state index is 12.8. The summed E-state index contributed by atoms with van der Waals surface area (Å²) in [6, 6.07) is 7.88. The van der Waals surface area contributed by atoms with Crippen LogP contribution in [0.25, 0.3) is 0 Å². The van der Waals surface area contributed by atoms with E-state index in [9.17, 15) is 9.59 Å². The summed E-state index contributed by atoms with van der Waals surface area (Å²) in [6.45, 7) is 4.33. The van der Waals surface area contributed by atoms with Crippen LogP contribution in [0.4, 0.5) is 10.5 Å². The molecule has 1 saturated heterocycles. The van der Waals surface area contributed by atoms with E-state index in [0.29, 0.717) is 12.8 Å². The van der Waals surface area contributed by atoms with E-state index in [4.69, 9.17) is 0 Å². The van der Waals surface area contributed by atoms with E-state index < -0.39 is 11.6 Å². The number of benzene rings is 1. The van der Waals surface area contributed by atoms with Crippen molar-refractivity contribution < 1.29 is 9.59 Å². The van der Waals surface area contributed by atoms with Crippen LogP contribution < -0.4 is 10.2 Å². The highest BCUT2D eigenvalue weighted by Gasteiger charge is 2.51. The van der Waals surface area contributed by atoms with Crippen LogP contribution in [0.2, 0.25) is 0 Å². The first-order valence-corrected chi connectivity index (χ1v) is 9.61. The van der Waals surface area contributed by atoms with Crippen LogP contribution in [0.1, 0.15) is 51.5 Å². The van der Waals surface area contributed by atoms with Gasteiger partial charge in [-0.1, -0.05) is 51.3 Å². The van der Waals surface area contributed by atoms with Crippen molar-refractivity contribution in [3.05, 3.63) is 41.6 Å². The molecule has 3 aliphatic rings. The number of likely N-dealkylation sites (N-methyl/N-ethyl adjacent to an activating group) is 1. The van der Waals surface area contributed by atoms with Crippen molar-refractivity contribution in [2.45, 2.75) is 56.9 Å². The number of hydrogen-bond acceptors (Lipinski definition) is 4. The van der Waals surface area contributed by atoms with E-state index >= 15 is 0 Å².